The van der Waals surface area contributed by atoms with Crippen LogP contribution in [0.25, 0.3) is 10.9 Å². The van der Waals surface area contributed by atoms with E-state index in [4.69, 9.17) is 4.74 Å². The van der Waals surface area contributed by atoms with Crippen LogP contribution in [-0.2, 0) is 16.0 Å². The molecule has 0 aliphatic heterocycles. The van der Waals surface area contributed by atoms with Gasteiger partial charge in [0.1, 0.15) is 0 Å². The second-order valence-corrected chi connectivity index (χ2v) is 7.43. The number of nitrogens with zero attached hydrogens (tertiary/aromatic N) is 1. The summed E-state index contributed by atoms with van der Waals surface area (Å²) in [5.41, 5.74) is 7.51. The molecule has 0 atom stereocenters. The van der Waals surface area contributed by atoms with Crippen LogP contribution >= 0.6 is 15.9 Å². The van der Waals surface area contributed by atoms with Crippen molar-refractivity contribution >= 4 is 44.6 Å². The molecule has 0 aliphatic rings. The van der Waals surface area contributed by atoms with Crippen molar-refractivity contribution < 1.29 is 19.1 Å². The van der Waals surface area contributed by atoms with E-state index < -0.39 is 24.4 Å². The number of esters is 1. The number of ether oxygens (including phenoxy) is 1. The molecule has 0 saturated heterocycles. The van der Waals surface area contributed by atoms with E-state index in [1.54, 1.807) is 30.3 Å². The molecule has 3 aromatic rings. The van der Waals surface area contributed by atoms with Crippen LogP contribution in [0.3, 0.4) is 0 Å². The number of hydrogen-bond acceptors (Lipinski definition) is 5. The zero-order chi connectivity index (χ0) is 21.7. The van der Waals surface area contributed by atoms with Gasteiger partial charge in [0, 0.05) is 21.1 Å². The Morgan fingerprint density at radius 3 is 2.43 bits per heavy atom. The molecule has 0 unspecified atom stereocenters. The van der Waals surface area contributed by atoms with Crippen LogP contribution in [0.1, 0.15) is 38.9 Å². The lowest BCUT2D eigenvalue weighted by Gasteiger charge is -2.13. The summed E-state index contributed by atoms with van der Waals surface area (Å²) in [6.45, 7) is 3.24. The molecular weight excluding hydrogens is 450 g/mol. The van der Waals surface area contributed by atoms with Gasteiger partial charge in [-0.2, -0.15) is 0 Å². The third-order valence-corrected chi connectivity index (χ3v) is 5.06. The summed E-state index contributed by atoms with van der Waals surface area (Å²) >= 11 is 3.29. The number of carbonyl (C=O) groups excluding carboxylic acids is 3. The third kappa shape index (κ3) is 4.83. The van der Waals surface area contributed by atoms with E-state index >= 15 is 0 Å². The predicted molar refractivity (Wildman–Crippen MR) is 116 cm³/mol. The number of fused-ring (bicyclic) bond motifs is 1. The molecule has 0 aliphatic carbocycles. The number of hydrogen-bond donors (Lipinski definition) is 2. The highest BCUT2D eigenvalue weighted by atomic mass is 79.9. The Morgan fingerprint density at radius 1 is 1.03 bits per heavy atom. The van der Waals surface area contributed by atoms with E-state index in [-0.39, 0.29) is 0 Å². The van der Waals surface area contributed by atoms with Crippen molar-refractivity contribution in [2.24, 2.45) is 0 Å². The Kier molecular flexibility index (Phi) is 6.79. The maximum Gasteiger partial charge on any atom is 0.339 e. The number of pyridine rings is 1. The maximum atomic E-state index is 12.7. The second kappa shape index (κ2) is 9.49. The number of rotatable bonds is 5. The highest BCUT2D eigenvalue weighted by Crippen LogP contribution is 2.24. The zero-order valence-electron chi connectivity index (χ0n) is 16.5. The summed E-state index contributed by atoms with van der Waals surface area (Å²) < 4.78 is 6.03. The van der Waals surface area contributed by atoms with Crippen molar-refractivity contribution in [3.05, 3.63) is 75.4 Å². The summed E-state index contributed by atoms with van der Waals surface area (Å²) in [6, 6.07) is 13.9. The fraction of sp³-hybridized carbons (Fsp3) is 0.182. The molecule has 3 rings (SSSR count). The number of hydrazine groups is 1. The number of halogens is 1. The fourth-order valence-corrected chi connectivity index (χ4v) is 3.27. The molecule has 0 fully saturated rings. The Morgan fingerprint density at radius 2 is 1.73 bits per heavy atom. The van der Waals surface area contributed by atoms with Crippen LogP contribution in [0.5, 0.6) is 0 Å². The van der Waals surface area contributed by atoms with Gasteiger partial charge in [-0.15, -0.1) is 0 Å². The molecule has 2 N–H and O–H groups in total. The number of aryl methyl sites for hydroxylation is 1. The van der Waals surface area contributed by atoms with Crippen LogP contribution in [0.15, 0.2) is 53.0 Å². The smallest absolute Gasteiger partial charge is 0.339 e. The molecular formula is C22H20BrN3O4. The minimum atomic E-state index is -0.652. The highest BCUT2D eigenvalue weighted by Gasteiger charge is 2.19. The van der Waals surface area contributed by atoms with Crippen molar-refractivity contribution in [2.75, 3.05) is 6.61 Å². The van der Waals surface area contributed by atoms with Gasteiger partial charge in [-0.25, -0.2) is 4.79 Å². The molecule has 8 heteroatoms. The standard InChI is InChI=1S/C22H20BrN3O4/c1-3-17-13(2)20(16-6-4-5-7-18(16)24-17)22(29)30-12-19(27)25-26-21(28)14-8-10-15(23)11-9-14/h4-11H,3,12H2,1-2H3,(H,25,27)(H,26,28). The summed E-state index contributed by atoms with van der Waals surface area (Å²) in [5.74, 6) is -1.75. The predicted octanol–water partition coefficient (Wildman–Crippen LogP) is 3.49. The Balaban J connectivity index is 1.64. The molecule has 154 valence electrons. The molecule has 0 radical (unpaired) electrons. The molecule has 0 spiro atoms. The van der Waals surface area contributed by atoms with Crippen molar-refractivity contribution in [1.82, 2.24) is 15.8 Å². The SMILES string of the molecule is CCc1nc2ccccc2c(C(=O)OCC(=O)NNC(=O)c2ccc(Br)cc2)c1C. The van der Waals surface area contributed by atoms with E-state index in [2.05, 4.69) is 31.8 Å². The van der Waals surface area contributed by atoms with Crippen LogP contribution in [0.2, 0.25) is 0 Å². The van der Waals surface area contributed by atoms with E-state index in [1.807, 2.05) is 32.0 Å². The molecule has 1 aromatic heterocycles. The van der Waals surface area contributed by atoms with E-state index in [1.165, 1.54) is 0 Å². The van der Waals surface area contributed by atoms with Crippen LogP contribution in [-0.4, -0.2) is 29.4 Å². The average Bonchev–Trinajstić information content (AvgIpc) is 2.75. The number of amides is 2. The Labute approximate surface area is 181 Å². The first-order chi connectivity index (χ1) is 14.4. The molecule has 0 saturated carbocycles. The molecule has 2 aromatic carbocycles. The van der Waals surface area contributed by atoms with Gasteiger partial charge in [0.2, 0.25) is 0 Å². The zero-order valence-corrected chi connectivity index (χ0v) is 18.1. The molecule has 0 bridgehead atoms. The lowest BCUT2D eigenvalue weighted by atomic mass is 10.0. The first-order valence-corrected chi connectivity index (χ1v) is 10.1. The maximum absolute atomic E-state index is 12.7. The second-order valence-electron chi connectivity index (χ2n) is 6.51. The largest absolute Gasteiger partial charge is 0.452 e. The van der Waals surface area contributed by atoms with Crippen molar-refractivity contribution in [1.29, 1.82) is 0 Å². The number of aromatic nitrogens is 1. The van der Waals surface area contributed by atoms with E-state index in [0.29, 0.717) is 28.5 Å². The number of para-hydroxylation sites is 1. The van der Waals surface area contributed by atoms with Crippen LogP contribution in [0.4, 0.5) is 0 Å². The average molecular weight is 470 g/mol. The van der Waals surface area contributed by atoms with Crippen LogP contribution in [0, 0.1) is 6.92 Å². The normalized spacial score (nSPS) is 10.5. The molecule has 7 nitrogen and oxygen atoms in total. The van der Waals surface area contributed by atoms with Crippen LogP contribution < -0.4 is 10.9 Å². The number of carbonyl (C=O) groups is 3. The summed E-state index contributed by atoms with van der Waals surface area (Å²) in [4.78, 5) is 41.3. The van der Waals surface area contributed by atoms with Gasteiger partial charge in [0.05, 0.1) is 11.1 Å². The van der Waals surface area contributed by atoms with Gasteiger partial charge < -0.3 is 4.74 Å². The lowest BCUT2D eigenvalue weighted by Crippen LogP contribution is -2.43. The molecule has 1 heterocycles. The summed E-state index contributed by atoms with van der Waals surface area (Å²) in [7, 11) is 0. The topological polar surface area (TPSA) is 97.4 Å². The third-order valence-electron chi connectivity index (χ3n) is 4.53. The Hall–Kier alpha value is -3.26. The first-order valence-electron chi connectivity index (χ1n) is 9.30. The lowest BCUT2D eigenvalue weighted by molar-refractivity contribution is -0.125. The highest BCUT2D eigenvalue weighted by molar-refractivity contribution is 9.10. The van der Waals surface area contributed by atoms with Gasteiger partial charge in [-0.1, -0.05) is 41.1 Å². The number of nitrogens with one attached hydrogen (secondary N) is 2. The first kappa shape index (κ1) is 21.4. The van der Waals surface area contributed by atoms with Gasteiger partial charge in [0.15, 0.2) is 6.61 Å². The summed E-state index contributed by atoms with van der Waals surface area (Å²) in [5, 5.41) is 0.668. The van der Waals surface area contributed by atoms with Crippen molar-refractivity contribution in [2.45, 2.75) is 20.3 Å². The minimum Gasteiger partial charge on any atom is -0.452 e. The van der Waals surface area contributed by atoms with E-state index in [9.17, 15) is 14.4 Å². The molecule has 30 heavy (non-hydrogen) atoms. The minimum absolute atomic E-state index is 0.376. The Bertz CT molecular complexity index is 1110. The van der Waals surface area contributed by atoms with Gasteiger partial charge in [-0.05, 0) is 49.2 Å². The van der Waals surface area contributed by atoms with Crippen molar-refractivity contribution in [3.8, 4) is 0 Å². The fourth-order valence-electron chi connectivity index (χ4n) is 3.00. The van der Waals surface area contributed by atoms with Gasteiger partial charge >= 0.3 is 5.97 Å². The molecule has 2 amide bonds. The van der Waals surface area contributed by atoms with E-state index in [0.717, 1.165) is 15.7 Å². The van der Waals surface area contributed by atoms with Gasteiger partial charge in [-0.3, -0.25) is 25.4 Å². The quantitative estimate of drug-likeness (QED) is 0.440. The van der Waals surface area contributed by atoms with Crippen molar-refractivity contribution in [3.63, 3.8) is 0 Å². The number of benzene rings is 2. The monoisotopic (exact) mass is 469 g/mol. The summed E-state index contributed by atoms with van der Waals surface area (Å²) in [6.07, 6.45) is 0.666. The van der Waals surface area contributed by atoms with Gasteiger partial charge in [0.25, 0.3) is 11.8 Å².